The maximum Gasteiger partial charge on any atom is 0.264 e. The van der Waals surface area contributed by atoms with Crippen LogP contribution in [0.15, 0.2) is 48.6 Å². The zero-order chi connectivity index (χ0) is 27.6. The van der Waals surface area contributed by atoms with Crippen LogP contribution in [0.25, 0.3) is 0 Å². The molecule has 4 atom stereocenters. The molecule has 2 aromatic rings. The number of carbonyl (C=O) groups excluding carboxylic acids is 1. The first-order valence-electron chi connectivity index (χ1n) is 13.9. The number of hydrogen-bond acceptors (Lipinski definition) is 6. The van der Waals surface area contributed by atoms with E-state index in [4.69, 9.17) is 16.3 Å². The molecule has 2 aliphatic heterocycles. The molecule has 0 saturated heterocycles. The van der Waals surface area contributed by atoms with Gasteiger partial charge in [-0.15, -0.1) is 0 Å². The number of carbonyl (C=O) groups is 1. The van der Waals surface area contributed by atoms with Crippen molar-refractivity contribution in [1.82, 2.24) is 4.72 Å². The van der Waals surface area contributed by atoms with E-state index in [1.54, 1.807) is 18.2 Å². The normalized spacial score (nSPS) is 28.4. The third kappa shape index (κ3) is 6.44. The quantitative estimate of drug-likeness (QED) is 0.419. The minimum atomic E-state index is -4.08. The van der Waals surface area contributed by atoms with Gasteiger partial charge in [0.1, 0.15) is 17.6 Å². The van der Waals surface area contributed by atoms with E-state index < -0.39 is 27.3 Å². The van der Waals surface area contributed by atoms with Gasteiger partial charge in [-0.25, -0.2) is 13.1 Å². The number of aryl methyl sites for hydroxylation is 1. The van der Waals surface area contributed by atoms with E-state index in [1.807, 2.05) is 24.3 Å². The maximum atomic E-state index is 13.2. The SMILES string of the molecule is C[C@@H]1[C@H](O)C/C=C/C[C@@H]2CC[C@H]2CN2CCCCc3cc(Cl)ccc3COc3ccc(cc32)C(=O)NS1(=O)=O. The number of aliphatic hydroxyl groups excluding tert-OH is 1. The van der Waals surface area contributed by atoms with Crippen LogP contribution in [0, 0.1) is 11.8 Å². The van der Waals surface area contributed by atoms with Crippen LogP contribution in [0.3, 0.4) is 0 Å². The van der Waals surface area contributed by atoms with Gasteiger partial charge in [-0.1, -0.05) is 29.8 Å². The smallest absolute Gasteiger partial charge is 0.264 e. The van der Waals surface area contributed by atoms with Crippen LogP contribution in [0.4, 0.5) is 5.69 Å². The summed E-state index contributed by atoms with van der Waals surface area (Å²) < 4.78 is 34.4. The van der Waals surface area contributed by atoms with Crippen molar-refractivity contribution in [3.8, 4) is 5.75 Å². The number of allylic oxidation sites excluding steroid dienone is 1. The number of hydrogen-bond donors (Lipinski definition) is 2. The predicted octanol–water partition coefficient (Wildman–Crippen LogP) is 5.25. The number of rotatable bonds is 0. The molecule has 1 saturated carbocycles. The number of nitrogens with one attached hydrogen (secondary N) is 1. The first kappa shape index (κ1) is 28.0. The average molecular weight is 573 g/mol. The number of fused-ring (bicyclic) bond motifs is 3. The average Bonchev–Trinajstić information content (AvgIpc) is 2.92. The lowest BCUT2D eigenvalue weighted by Gasteiger charge is -2.41. The molecule has 3 aliphatic rings. The molecule has 0 unspecified atom stereocenters. The van der Waals surface area contributed by atoms with Gasteiger partial charge in [0.15, 0.2) is 0 Å². The minimum Gasteiger partial charge on any atom is -0.487 e. The third-order valence-electron chi connectivity index (χ3n) is 8.52. The topological polar surface area (TPSA) is 95.9 Å². The van der Waals surface area contributed by atoms with Crippen LogP contribution in [0.1, 0.15) is 66.9 Å². The second kappa shape index (κ2) is 11.9. The van der Waals surface area contributed by atoms with Gasteiger partial charge in [-0.2, -0.15) is 0 Å². The fourth-order valence-corrected chi connectivity index (χ4v) is 7.02. The third-order valence-corrected chi connectivity index (χ3v) is 10.5. The van der Waals surface area contributed by atoms with Crippen LogP contribution in [-0.2, 0) is 23.1 Å². The van der Waals surface area contributed by atoms with Gasteiger partial charge in [0, 0.05) is 23.7 Å². The summed E-state index contributed by atoms with van der Waals surface area (Å²) in [5, 5.41) is 10.1. The van der Waals surface area contributed by atoms with Gasteiger partial charge in [-0.3, -0.25) is 4.79 Å². The van der Waals surface area contributed by atoms with E-state index in [0.29, 0.717) is 29.2 Å². The van der Waals surface area contributed by atoms with E-state index in [2.05, 4.69) is 15.7 Å². The Morgan fingerprint density at radius 2 is 1.82 bits per heavy atom. The number of halogens is 1. The molecule has 1 fully saturated rings. The monoisotopic (exact) mass is 572 g/mol. The highest BCUT2D eigenvalue weighted by molar-refractivity contribution is 7.90. The number of aliphatic hydroxyl groups is 1. The fourth-order valence-electron chi connectivity index (χ4n) is 5.74. The van der Waals surface area contributed by atoms with E-state index in [1.165, 1.54) is 12.5 Å². The van der Waals surface area contributed by atoms with Gasteiger partial charge in [0.25, 0.3) is 5.91 Å². The molecular formula is C30H37ClN2O5S. The Kier molecular flexibility index (Phi) is 8.55. The van der Waals surface area contributed by atoms with Crippen molar-refractivity contribution < 1.29 is 23.1 Å². The fraction of sp³-hybridized carbons (Fsp3) is 0.500. The number of sulfonamides is 1. The lowest BCUT2D eigenvalue weighted by Crippen LogP contribution is -2.42. The van der Waals surface area contributed by atoms with Crippen molar-refractivity contribution >= 4 is 33.2 Å². The summed E-state index contributed by atoms with van der Waals surface area (Å²) in [6.07, 6.45) is 9.12. The Balaban J connectivity index is 1.52. The number of ether oxygens (including phenoxy) is 1. The molecule has 5 rings (SSSR count). The Morgan fingerprint density at radius 3 is 2.62 bits per heavy atom. The van der Waals surface area contributed by atoms with E-state index in [0.717, 1.165) is 62.9 Å². The summed E-state index contributed by atoms with van der Waals surface area (Å²) in [5.41, 5.74) is 3.32. The van der Waals surface area contributed by atoms with Crippen molar-refractivity contribution in [1.29, 1.82) is 0 Å². The van der Waals surface area contributed by atoms with Crippen molar-refractivity contribution in [3.05, 3.63) is 70.3 Å². The van der Waals surface area contributed by atoms with Crippen molar-refractivity contribution in [3.63, 3.8) is 0 Å². The summed E-state index contributed by atoms with van der Waals surface area (Å²) in [4.78, 5) is 15.5. The van der Waals surface area contributed by atoms with Crippen LogP contribution in [0.2, 0.25) is 5.02 Å². The number of benzene rings is 2. The zero-order valence-corrected chi connectivity index (χ0v) is 23.9. The molecule has 0 radical (unpaired) electrons. The second-order valence-corrected chi connectivity index (χ2v) is 13.6. The summed E-state index contributed by atoms with van der Waals surface area (Å²) >= 11 is 6.29. The van der Waals surface area contributed by atoms with Gasteiger partial charge in [0.05, 0.1) is 11.8 Å². The van der Waals surface area contributed by atoms with Crippen molar-refractivity contribution in [2.45, 2.75) is 69.8 Å². The van der Waals surface area contributed by atoms with Crippen LogP contribution in [0.5, 0.6) is 5.75 Å². The van der Waals surface area contributed by atoms with Crippen LogP contribution in [-0.4, -0.2) is 43.9 Å². The summed E-state index contributed by atoms with van der Waals surface area (Å²) in [6.45, 7) is 3.45. The van der Waals surface area contributed by atoms with E-state index in [9.17, 15) is 18.3 Å². The summed E-state index contributed by atoms with van der Waals surface area (Å²) in [5.74, 6) is 0.999. The molecule has 9 heteroatoms. The van der Waals surface area contributed by atoms with Gasteiger partial charge < -0.3 is 14.7 Å². The molecule has 210 valence electrons. The molecular weight excluding hydrogens is 536 g/mol. The Bertz CT molecular complexity index is 1340. The Hall–Kier alpha value is -2.55. The highest BCUT2D eigenvalue weighted by Gasteiger charge is 2.33. The Morgan fingerprint density at radius 1 is 1.03 bits per heavy atom. The second-order valence-electron chi connectivity index (χ2n) is 11.1. The molecule has 2 N–H and O–H groups in total. The lowest BCUT2D eigenvalue weighted by molar-refractivity contribution is 0.0980. The summed E-state index contributed by atoms with van der Waals surface area (Å²) in [6, 6.07) is 11.0. The molecule has 1 amide bonds. The zero-order valence-electron chi connectivity index (χ0n) is 22.3. The van der Waals surface area contributed by atoms with Gasteiger partial charge in [0.2, 0.25) is 10.0 Å². The van der Waals surface area contributed by atoms with Crippen molar-refractivity contribution in [2.75, 3.05) is 18.0 Å². The van der Waals surface area contributed by atoms with Gasteiger partial charge >= 0.3 is 0 Å². The molecule has 1 aliphatic carbocycles. The molecule has 2 bridgehead atoms. The maximum absolute atomic E-state index is 13.2. The standard InChI is InChI=1S/C30H37ClN2O5S/c1-20-28(34)8-3-2-6-21-9-10-24(21)18-33-15-5-4-7-22-16-26(31)13-11-25(22)19-38-29-14-12-23(17-27(29)33)30(35)32-39(20,36)37/h2-3,11-14,16-17,20-21,24,28,34H,4-10,15,18-19H2,1H3,(H,32,35)/b3-2+/t20-,21-,24+,28-/m1/s1. The number of anilines is 1. The number of nitrogens with zero attached hydrogens (tertiary/aromatic N) is 1. The molecule has 0 spiro atoms. The van der Waals surface area contributed by atoms with E-state index >= 15 is 0 Å². The first-order chi connectivity index (χ1) is 18.7. The highest BCUT2D eigenvalue weighted by Crippen LogP contribution is 2.40. The van der Waals surface area contributed by atoms with Crippen molar-refractivity contribution in [2.24, 2.45) is 11.8 Å². The van der Waals surface area contributed by atoms with Gasteiger partial charge in [-0.05, 0) is 105 Å². The largest absolute Gasteiger partial charge is 0.487 e. The van der Waals surface area contributed by atoms with E-state index in [-0.39, 0.29) is 12.0 Å². The van der Waals surface area contributed by atoms with Crippen LogP contribution >= 0.6 is 11.6 Å². The molecule has 2 aromatic carbocycles. The molecule has 0 aromatic heterocycles. The highest BCUT2D eigenvalue weighted by atomic mass is 35.5. The predicted molar refractivity (Wildman–Crippen MR) is 154 cm³/mol. The minimum absolute atomic E-state index is 0.226. The first-order valence-corrected chi connectivity index (χ1v) is 15.8. The summed E-state index contributed by atoms with van der Waals surface area (Å²) in [7, 11) is -4.08. The molecule has 2 heterocycles. The van der Waals surface area contributed by atoms with Crippen LogP contribution < -0.4 is 14.4 Å². The molecule has 7 nitrogen and oxygen atoms in total. The Labute approximate surface area is 236 Å². The lowest BCUT2D eigenvalue weighted by atomic mass is 9.71. The molecule has 39 heavy (non-hydrogen) atoms. The number of amides is 1.